The summed E-state index contributed by atoms with van der Waals surface area (Å²) in [6.07, 6.45) is 5.10. The first-order valence-corrected chi connectivity index (χ1v) is 9.28. The number of piperazine rings is 1. The number of nitrogens with zero attached hydrogens (tertiary/aromatic N) is 2. The van der Waals surface area contributed by atoms with Crippen LogP contribution in [-0.4, -0.2) is 62.8 Å². The third-order valence-corrected chi connectivity index (χ3v) is 6.09. The zero-order valence-electron chi connectivity index (χ0n) is 14.1. The molecule has 1 aromatic rings. The number of terminal acetylenes is 1. The van der Waals surface area contributed by atoms with Crippen LogP contribution in [0.5, 0.6) is 0 Å². The number of nitrogens with one attached hydrogen (secondary N) is 1. The molecule has 0 spiro atoms. The van der Waals surface area contributed by atoms with Crippen LogP contribution in [0, 0.1) is 26.2 Å². The lowest BCUT2D eigenvalue weighted by atomic mass is 10.2. The molecule has 1 fully saturated rings. The SMILES string of the molecule is C#CCNC(=O)CN1CCN(S(=O)(=O)c2ccc(C)cc2C)CC1. The quantitative estimate of drug-likeness (QED) is 0.780. The number of rotatable bonds is 5. The van der Waals surface area contributed by atoms with E-state index in [9.17, 15) is 13.2 Å². The zero-order valence-corrected chi connectivity index (χ0v) is 14.9. The van der Waals surface area contributed by atoms with Crippen LogP contribution in [0.25, 0.3) is 0 Å². The van der Waals surface area contributed by atoms with Gasteiger partial charge in [-0.25, -0.2) is 8.42 Å². The van der Waals surface area contributed by atoms with Crippen LogP contribution >= 0.6 is 0 Å². The molecule has 2 rings (SSSR count). The van der Waals surface area contributed by atoms with E-state index in [-0.39, 0.29) is 19.0 Å². The normalized spacial score (nSPS) is 16.5. The van der Waals surface area contributed by atoms with Crippen molar-refractivity contribution in [3.8, 4) is 12.3 Å². The Morgan fingerprint density at radius 1 is 1.25 bits per heavy atom. The van der Waals surface area contributed by atoms with Gasteiger partial charge in [0, 0.05) is 26.2 Å². The molecular formula is C17H23N3O3S. The third-order valence-electron chi connectivity index (χ3n) is 4.03. The zero-order chi connectivity index (χ0) is 17.7. The Hall–Kier alpha value is -1.88. The van der Waals surface area contributed by atoms with Crippen molar-refractivity contribution in [3.63, 3.8) is 0 Å². The molecule has 0 bridgehead atoms. The maximum absolute atomic E-state index is 12.8. The average Bonchev–Trinajstić information content (AvgIpc) is 2.53. The Kier molecular flexibility index (Phi) is 5.99. The highest BCUT2D eigenvalue weighted by Gasteiger charge is 2.29. The summed E-state index contributed by atoms with van der Waals surface area (Å²) in [6.45, 7) is 5.98. The molecule has 0 saturated carbocycles. The molecular weight excluding hydrogens is 326 g/mol. The predicted molar refractivity (Wildman–Crippen MR) is 93.0 cm³/mol. The van der Waals surface area contributed by atoms with Gasteiger partial charge in [-0.05, 0) is 25.5 Å². The van der Waals surface area contributed by atoms with Gasteiger partial charge in [-0.3, -0.25) is 9.69 Å². The van der Waals surface area contributed by atoms with Crippen molar-refractivity contribution < 1.29 is 13.2 Å². The number of carbonyl (C=O) groups is 1. The second-order valence-electron chi connectivity index (χ2n) is 5.93. The Morgan fingerprint density at radius 3 is 2.50 bits per heavy atom. The predicted octanol–water partition coefficient (Wildman–Crippen LogP) is 0.359. The average molecular weight is 349 g/mol. The lowest BCUT2D eigenvalue weighted by molar-refractivity contribution is -0.122. The number of carbonyl (C=O) groups excluding carboxylic acids is 1. The number of sulfonamides is 1. The molecule has 1 aromatic carbocycles. The summed E-state index contributed by atoms with van der Waals surface area (Å²) in [7, 11) is -3.50. The molecule has 6 nitrogen and oxygen atoms in total. The first-order chi connectivity index (χ1) is 11.3. The molecule has 1 N–H and O–H groups in total. The highest BCUT2D eigenvalue weighted by Crippen LogP contribution is 2.22. The van der Waals surface area contributed by atoms with E-state index in [0.29, 0.717) is 31.1 Å². The van der Waals surface area contributed by atoms with E-state index in [1.54, 1.807) is 6.07 Å². The fraction of sp³-hybridized carbons (Fsp3) is 0.471. The van der Waals surface area contributed by atoms with E-state index >= 15 is 0 Å². The van der Waals surface area contributed by atoms with Crippen LogP contribution in [-0.2, 0) is 14.8 Å². The Bertz CT molecular complexity index is 745. The minimum atomic E-state index is -3.50. The summed E-state index contributed by atoms with van der Waals surface area (Å²) >= 11 is 0. The van der Waals surface area contributed by atoms with Gasteiger partial charge in [-0.15, -0.1) is 6.42 Å². The smallest absolute Gasteiger partial charge is 0.243 e. The summed E-state index contributed by atoms with van der Waals surface area (Å²) in [6, 6.07) is 5.35. The van der Waals surface area contributed by atoms with Gasteiger partial charge in [0.25, 0.3) is 0 Å². The van der Waals surface area contributed by atoms with Crippen molar-refractivity contribution in [2.24, 2.45) is 0 Å². The molecule has 1 aliphatic rings. The van der Waals surface area contributed by atoms with Crippen molar-refractivity contribution in [3.05, 3.63) is 29.3 Å². The molecule has 0 aromatic heterocycles. The molecule has 1 saturated heterocycles. The van der Waals surface area contributed by atoms with Crippen molar-refractivity contribution in [2.45, 2.75) is 18.7 Å². The molecule has 0 radical (unpaired) electrons. The maximum Gasteiger partial charge on any atom is 0.243 e. The van der Waals surface area contributed by atoms with Gasteiger partial charge >= 0.3 is 0 Å². The molecule has 1 amide bonds. The number of hydrogen-bond donors (Lipinski definition) is 1. The molecule has 0 unspecified atom stereocenters. The van der Waals surface area contributed by atoms with Gasteiger partial charge in [0.2, 0.25) is 15.9 Å². The Labute approximate surface area is 143 Å². The van der Waals surface area contributed by atoms with Crippen LogP contribution in [0.3, 0.4) is 0 Å². The summed E-state index contributed by atoms with van der Waals surface area (Å²) in [5.41, 5.74) is 1.79. The Balaban J connectivity index is 1.98. The first-order valence-electron chi connectivity index (χ1n) is 7.84. The van der Waals surface area contributed by atoms with Crippen LogP contribution < -0.4 is 5.32 Å². The summed E-state index contributed by atoms with van der Waals surface area (Å²) < 4.78 is 27.1. The van der Waals surface area contributed by atoms with Gasteiger partial charge < -0.3 is 5.32 Å². The van der Waals surface area contributed by atoms with Crippen molar-refractivity contribution >= 4 is 15.9 Å². The number of aryl methyl sites for hydroxylation is 2. The Morgan fingerprint density at radius 2 is 1.92 bits per heavy atom. The molecule has 0 aliphatic carbocycles. The maximum atomic E-state index is 12.8. The largest absolute Gasteiger partial charge is 0.344 e. The fourth-order valence-corrected chi connectivity index (χ4v) is 4.39. The highest BCUT2D eigenvalue weighted by atomic mass is 32.2. The van der Waals surface area contributed by atoms with E-state index in [1.807, 2.05) is 30.9 Å². The molecule has 130 valence electrons. The molecule has 7 heteroatoms. The molecule has 0 atom stereocenters. The fourth-order valence-electron chi connectivity index (χ4n) is 2.76. The van der Waals surface area contributed by atoms with E-state index in [1.165, 1.54) is 4.31 Å². The minimum Gasteiger partial charge on any atom is -0.344 e. The summed E-state index contributed by atoms with van der Waals surface area (Å²) in [5, 5.41) is 2.61. The minimum absolute atomic E-state index is 0.140. The molecule has 1 aliphatic heterocycles. The third kappa shape index (κ3) is 4.35. The topological polar surface area (TPSA) is 69.7 Å². The summed E-state index contributed by atoms with van der Waals surface area (Å²) in [4.78, 5) is 14.0. The standard InChI is InChI=1S/C17H23N3O3S/c1-4-7-18-17(21)13-19-8-10-20(11-9-19)24(22,23)16-6-5-14(2)12-15(16)3/h1,5-6,12H,7-11,13H2,2-3H3,(H,18,21). The second kappa shape index (κ2) is 7.79. The van der Waals surface area contributed by atoms with Crippen molar-refractivity contribution in [1.29, 1.82) is 0 Å². The van der Waals surface area contributed by atoms with Gasteiger partial charge in [0.05, 0.1) is 18.0 Å². The van der Waals surface area contributed by atoms with Crippen molar-refractivity contribution in [1.82, 2.24) is 14.5 Å². The monoisotopic (exact) mass is 349 g/mol. The lowest BCUT2D eigenvalue weighted by Gasteiger charge is -2.33. The number of benzene rings is 1. The van der Waals surface area contributed by atoms with E-state index in [0.717, 1.165) is 11.1 Å². The van der Waals surface area contributed by atoms with Gasteiger partial charge in [-0.2, -0.15) is 4.31 Å². The molecule has 1 heterocycles. The first kappa shape index (κ1) is 18.5. The molecule has 24 heavy (non-hydrogen) atoms. The summed E-state index contributed by atoms with van der Waals surface area (Å²) in [5.74, 6) is 2.21. The highest BCUT2D eigenvalue weighted by molar-refractivity contribution is 7.89. The van der Waals surface area contributed by atoms with Crippen LogP contribution in [0.1, 0.15) is 11.1 Å². The van der Waals surface area contributed by atoms with Crippen LogP contribution in [0.15, 0.2) is 23.1 Å². The number of amides is 1. The van der Waals surface area contributed by atoms with Gasteiger partial charge in [0.15, 0.2) is 0 Å². The van der Waals surface area contributed by atoms with E-state index < -0.39 is 10.0 Å². The second-order valence-corrected chi connectivity index (χ2v) is 7.84. The lowest BCUT2D eigenvalue weighted by Crippen LogP contribution is -2.51. The number of hydrogen-bond acceptors (Lipinski definition) is 4. The van der Waals surface area contributed by atoms with Crippen molar-refractivity contribution in [2.75, 3.05) is 39.3 Å². The van der Waals surface area contributed by atoms with Gasteiger partial charge in [0.1, 0.15) is 0 Å². The van der Waals surface area contributed by atoms with E-state index in [4.69, 9.17) is 6.42 Å². The van der Waals surface area contributed by atoms with Crippen LogP contribution in [0.2, 0.25) is 0 Å². The van der Waals surface area contributed by atoms with E-state index in [2.05, 4.69) is 11.2 Å². The van der Waals surface area contributed by atoms with Crippen LogP contribution in [0.4, 0.5) is 0 Å². The van der Waals surface area contributed by atoms with Gasteiger partial charge in [-0.1, -0.05) is 23.6 Å².